The van der Waals surface area contributed by atoms with Gasteiger partial charge in [0.15, 0.2) is 0 Å². The average Bonchev–Trinajstić information content (AvgIpc) is 2.34. The van der Waals surface area contributed by atoms with Crippen LogP contribution in [0, 0.1) is 0 Å². The monoisotopic (exact) mass is 261 g/mol. The van der Waals surface area contributed by atoms with Crippen LogP contribution in [-0.2, 0) is 11.3 Å². The van der Waals surface area contributed by atoms with Crippen LogP contribution in [-0.4, -0.2) is 33.5 Å². The predicted molar refractivity (Wildman–Crippen MR) is 66.5 cm³/mol. The van der Waals surface area contributed by atoms with Crippen LogP contribution in [0.3, 0.4) is 0 Å². The van der Waals surface area contributed by atoms with Crippen molar-refractivity contribution in [1.29, 1.82) is 0 Å². The van der Waals surface area contributed by atoms with Gasteiger partial charge in [0.05, 0.1) is 11.6 Å². The highest BCUT2D eigenvalue weighted by Crippen LogP contribution is 2.28. The van der Waals surface area contributed by atoms with Crippen molar-refractivity contribution in [2.75, 3.05) is 33.5 Å². The van der Waals surface area contributed by atoms with Crippen LogP contribution in [0.1, 0.15) is 5.56 Å². The highest BCUT2D eigenvalue weighted by atomic mass is 35.5. The molecule has 0 unspecified atom stereocenters. The minimum Gasteiger partial charge on any atom is -0.489 e. The molecular formula is C12H17ClFNO2. The molecule has 0 bridgehead atoms. The molecule has 1 aromatic carbocycles. The van der Waals surface area contributed by atoms with E-state index in [9.17, 15) is 4.39 Å². The molecule has 1 N–H and O–H groups in total. The molecule has 0 aliphatic heterocycles. The van der Waals surface area contributed by atoms with Crippen molar-refractivity contribution in [2.45, 2.75) is 6.54 Å². The molecule has 0 radical (unpaired) electrons. The van der Waals surface area contributed by atoms with Gasteiger partial charge in [0.1, 0.15) is 19.0 Å². The first kappa shape index (κ1) is 14.2. The van der Waals surface area contributed by atoms with E-state index in [-0.39, 0.29) is 6.61 Å². The van der Waals surface area contributed by atoms with Crippen LogP contribution in [0.5, 0.6) is 5.75 Å². The zero-order valence-electron chi connectivity index (χ0n) is 9.84. The summed E-state index contributed by atoms with van der Waals surface area (Å²) in [6.07, 6.45) is 0. The second-order valence-electron chi connectivity index (χ2n) is 3.44. The number of hydrogen-bond donors (Lipinski definition) is 1. The van der Waals surface area contributed by atoms with E-state index in [0.717, 1.165) is 12.1 Å². The molecule has 0 saturated carbocycles. The third kappa shape index (κ3) is 4.89. The lowest BCUT2D eigenvalue weighted by atomic mass is 10.2. The molecule has 0 heterocycles. The van der Waals surface area contributed by atoms with E-state index in [1.54, 1.807) is 13.2 Å². The summed E-state index contributed by atoms with van der Waals surface area (Å²) in [7, 11) is 1.65. The second-order valence-corrected chi connectivity index (χ2v) is 3.84. The highest BCUT2D eigenvalue weighted by Gasteiger charge is 2.07. The van der Waals surface area contributed by atoms with Gasteiger partial charge in [0, 0.05) is 25.8 Å². The molecule has 0 saturated heterocycles. The fourth-order valence-corrected chi connectivity index (χ4v) is 1.64. The Balaban J connectivity index is 2.59. The van der Waals surface area contributed by atoms with Gasteiger partial charge in [-0.05, 0) is 6.07 Å². The van der Waals surface area contributed by atoms with E-state index in [0.29, 0.717) is 23.9 Å². The van der Waals surface area contributed by atoms with Crippen molar-refractivity contribution in [3.8, 4) is 5.75 Å². The van der Waals surface area contributed by atoms with Gasteiger partial charge in [0.2, 0.25) is 0 Å². The Kier molecular flexibility index (Phi) is 6.93. The Morgan fingerprint density at radius 2 is 2.18 bits per heavy atom. The van der Waals surface area contributed by atoms with Crippen molar-refractivity contribution in [1.82, 2.24) is 5.32 Å². The van der Waals surface area contributed by atoms with Gasteiger partial charge >= 0.3 is 0 Å². The minimum absolute atomic E-state index is 0.0226. The van der Waals surface area contributed by atoms with E-state index in [1.165, 1.54) is 0 Å². The lowest BCUT2D eigenvalue weighted by molar-refractivity contribution is 0.199. The predicted octanol–water partition coefficient (Wildman–Crippen LogP) is 2.42. The van der Waals surface area contributed by atoms with Crippen molar-refractivity contribution in [3.05, 3.63) is 28.8 Å². The van der Waals surface area contributed by atoms with Crippen LogP contribution >= 0.6 is 11.6 Å². The van der Waals surface area contributed by atoms with Gasteiger partial charge in [0.25, 0.3) is 0 Å². The number of hydrogen-bond acceptors (Lipinski definition) is 3. The first-order chi connectivity index (χ1) is 8.29. The maximum absolute atomic E-state index is 12.1. The fourth-order valence-electron chi connectivity index (χ4n) is 1.39. The standard InChI is InChI=1S/C12H17ClFNO2/c1-16-8-6-15-9-10-3-2-4-11(13)12(10)17-7-5-14/h2-4,15H,5-9H2,1H3. The molecule has 0 aliphatic rings. The number of nitrogens with one attached hydrogen (secondary N) is 1. The molecule has 17 heavy (non-hydrogen) atoms. The zero-order chi connectivity index (χ0) is 12.5. The van der Waals surface area contributed by atoms with Crippen LogP contribution < -0.4 is 10.1 Å². The summed E-state index contributed by atoms with van der Waals surface area (Å²) in [6.45, 7) is 1.49. The zero-order valence-corrected chi connectivity index (χ0v) is 10.6. The van der Waals surface area contributed by atoms with Crippen LogP contribution in [0.2, 0.25) is 5.02 Å². The largest absolute Gasteiger partial charge is 0.489 e. The van der Waals surface area contributed by atoms with E-state index < -0.39 is 6.67 Å². The summed E-state index contributed by atoms with van der Waals surface area (Å²) in [5, 5.41) is 3.69. The van der Waals surface area contributed by atoms with Gasteiger partial charge in [-0.15, -0.1) is 0 Å². The SMILES string of the molecule is COCCNCc1cccc(Cl)c1OCCF. The molecule has 0 amide bonds. The molecule has 1 aromatic rings. The molecule has 0 aliphatic carbocycles. The van der Waals surface area contributed by atoms with E-state index in [1.807, 2.05) is 12.1 Å². The number of alkyl halides is 1. The van der Waals surface area contributed by atoms with Crippen LogP contribution in [0.15, 0.2) is 18.2 Å². The first-order valence-electron chi connectivity index (χ1n) is 5.45. The second kappa shape index (κ2) is 8.28. The van der Waals surface area contributed by atoms with Gasteiger partial charge in [-0.25, -0.2) is 4.39 Å². The Hall–Kier alpha value is -0.840. The normalized spacial score (nSPS) is 10.5. The summed E-state index contributed by atoms with van der Waals surface area (Å²) in [4.78, 5) is 0. The fraction of sp³-hybridized carbons (Fsp3) is 0.500. The molecule has 0 aromatic heterocycles. The first-order valence-corrected chi connectivity index (χ1v) is 5.83. The van der Waals surface area contributed by atoms with Crippen molar-refractivity contribution in [3.63, 3.8) is 0 Å². The Morgan fingerprint density at radius 1 is 1.35 bits per heavy atom. The average molecular weight is 262 g/mol. The molecule has 0 fully saturated rings. The molecule has 0 spiro atoms. The van der Waals surface area contributed by atoms with Gasteiger partial charge in [-0.3, -0.25) is 0 Å². The molecule has 5 heteroatoms. The maximum atomic E-state index is 12.1. The van der Waals surface area contributed by atoms with Crippen molar-refractivity contribution < 1.29 is 13.9 Å². The highest BCUT2D eigenvalue weighted by molar-refractivity contribution is 6.32. The molecule has 1 rings (SSSR count). The summed E-state index contributed by atoms with van der Waals surface area (Å²) in [6, 6.07) is 5.48. The van der Waals surface area contributed by atoms with E-state index in [2.05, 4.69) is 5.32 Å². The molecule has 96 valence electrons. The van der Waals surface area contributed by atoms with E-state index in [4.69, 9.17) is 21.1 Å². The number of benzene rings is 1. The summed E-state index contributed by atoms with van der Waals surface area (Å²) < 4.78 is 22.3. The van der Waals surface area contributed by atoms with E-state index >= 15 is 0 Å². The smallest absolute Gasteiger partial charge is 0.142 e. The molecular weight excluding hydrogens is 245 g/mol. The Morgan fingerprint density at radius 3 is 2.88 bits per heavy atom. The quantitative estimate of drug-likeness (QED) is 0.729. The third-order valence-corrected chi connectivity index (χ3v) is 2.47. The molecule has 3 nitrogen and oxygen atoms in total. The number of para-hydroxylation sites is 1. The molecule has 0 atom stereocenters. The van der Waals surface area contributed by atoms with Crippen molar-refractivity contribution in [2.24, 2.45) is 0 Å². The number of methoxy groups -OCH3 is 1. The lowest BCUT2D eigenvalue weighted by Crippen LogP contribution is -2.19. The minimum atomic E-state index is -0.526. The van der Waals surface area contributed by atoms with Gasteiger partial charge < -0.3 is 14.8 Å². The Labute approximate surface area is 106 Å². The topological polar surface area (TPSA) is 30.5 Å². The van der Waals surface area contributed by atoms with Gasteiger partial charge in [-0.2, -0.15) is 0 Å². The third-order valence-electron chi connectivity index (χ3n) is 2.17. The van der Waals surface area contributed by atoms with Crippen LogP contribution in [0.25, 0.3) is 0 Å². The lowest BCUT2D eigenvalue weighted by Gasteiger charge is -2.12. The van der Waals surface area contributed by atoms with Crippen molar-refractivity contribution >= 4 is 11.6 Å². The number of rotatable bonds is 8. The summed E-state index contributed by atoms with van der Waals surface area (Å²) in [5.74, 6) is 0.553. The summed E-state index contributed by atoms with van der Waals surface area (Å²) >= 11 is 6.01. The summed E-state index contributed by atoms with van der Waals surface area (Å²) in [5.41, 5.74) is 0.919. The maximum Gasteiger partial charge on any atom is 0.142 e. The Bertz CT molecular complexity index is 336. The number of ether oxygens (including phenoxy) is 2. The van der Waals surface area contributed by atoms with Crippen LogP contribution in [0.4, 0.5) is 4.39 Å². The number of halogens is 2. The van der Waals surface area contributed by atoms with Gasteiger partial charge in [-0.1, -0.05) is 23.7 Å².